The van der Waals surface area contributed by atoms with Crippen LogP contribution < -0.4 is 4.74 Å². The van der Waals surface area contributed by atoms with Gasteiger partial charge in [0.1, 0.15) is 12.4 Å². The topological polar surface area (TPSA) is 52.3 Å². The number of para-hydroxylation sites is 1. The minimum absolute atomic E-state index is 0.403. The summed E-state index contributed by atoms with van der Waals surface area (Å²) in [5.74, 6) is 2.01. The van der Waals surface area contributed by atoms with Crippen molar-refractivity contribution in [1.29, 1.82) is 0 Å². The highest BCUT2D eigenvalue weighted by Crippen LogP contribution is 2.28. The number of thioether (sulfide) groups is 1. The second-order valence-corrected chi connectivity index (χ2v) is 9.29. The molecule has 0 saturated heterocycles. The van der Waals surface area contributed by atoms with Crippen molar-refractivity contribution in [3.8, 4) is 5.75 Å². The van der Waals surface area contributed by atoms with Gasteiger partial charge in [-0.1, -0.05) is 76.9 Å². The lowest BCUT2D eigenvalue weighted by Gasteiger charge is -2.09. The van der Waals surface area contributed by atoms with Crippen molar-refractivity contribution >= 4 is 52.8 Å². The number of rotatable bonds is 8. The predicted molar refractivity (Wildman–Crippen MR) is 136 cm³/mol. The van der Waals surface area contributed by atoms with Gasteiger partial charge in [-0.3, -0.25) is 0 Å². The summed E-state index contributed by atoms with van der Waals surface area (Å²) in [7, 11) is 0. The fraction of sp³-hybridized carbons (Fsp3) is 0.125. The van der Waals surface area contributed by atoms with Crippen molar-refractivity contribution in [2.24, 2.45) is 5.10 Å². The molecule has 0 radical (unpaired) electrons. The van der Waals surface area contributed by atoms with Gasteiger partial charge in [-0.25, -0.2) is 0 Å². The Kier molecular flexibility index (Phi) is 7.93. The van der Waals surface area contributed by atoms with E-state index in [2.05, 4.69) is 15.3 Å². The molecule has 3 aromatic carbocycles. The van der Waals surface area contributed by atoms with Crippen molar-refractivity contribution in [2.45, 2.75) is 24.4 Å². The van der Waals surface area contributed by atoms with E-state index in [1.165, 1.54) is 11.8 Å². The summed E-state index contributed by atoms with van der Waals surface area (Å²) in [5.41, 5.74) is 2.79. The largest absolute Gasteiger partial charge is 0.488 e. The Balaban J connectivity index is 1.49. The van der Waals surface area contributed by atoms with Crippen LogP contribution >= 0.6 is 46.6 Å². The average molecular weight is 518 g/mol. The minimum Gasteiger partial charge on any atom is -0.488 e. The van der Waals surface area contributed by atoms with Crippen LogP contribution in [-0.2, 0) is 12.4 Å². The standard InChI is InChI=1S/C24H19Cl3N4OS/c1-16-29-30-24(33-15-19-9-10-21(26)12-22(19)27)31(16)28-13-18-6-2-3-8-23(18)32-14-17-5-4-7-20(25)11-17/h2-13H,14-15H2,1H3/b28-13+. The molecule has 1 aromatic heterocycles. The summed E-state index contributed by atoms with van der Waals surface area (Å²) >= 11 is 19.8. The van der Waals surface area contributed by atoms with E-state index in [1.807, 2.05) is 67.6 Å². The first-order valence-corrected chi connectivity index (χ1v) is 12.1. The molecule has 0 saturated carbocycles. The zero-order chi connectivity index (χ0) is 23.2. The van der Waals surface area contributed by atoms with Gasteiger partial charge in [-0.2, -0.15) is 9.78 Å². The minimum atomic E-state index is 0.403. The number of benzene rings is 3. The molecule has 168 valence electrons. The first-order chi connectivity index (χ1) is 16.0. The van der Waals surface area contributed by atoms with Gasteiger partial charge in [0.2, 0.25) is 5.16 Å². The Morgan fingerprint density at radius 1 is 0.970 bits per heavy atom. The molecule has 1 heterocycles. The number of hydrogen-bond acceptors (Lipinski definition) is 5. The first kappa shape index (κ1) is 23.6. The van der Waals surface area contributed by atoms with E-state index in [0.29, 0.717) is 44.2 Å². The second kappa shape index (κ2) is 11.1. The molecular weight excluding hydrogens is 499 g/mol. The van der Waals surface area contributed by atoms with Crippen molar-refractivity contribution in [2.75, 3.05) is 0 Å². The molecule has 0 fully saturated rings. The van der Waals surface area contributed by atoms with Gasteiger partial charge in [0.15, 0.2) is 5.82 Å². The van der Waals surface area contributed by atoms with Crippen molar-refractivity contribution in [3.63, 3.8) is 0 Å². The van der Waals surface area contributed by atoms with Gasteiger partial charge in [-0.05, 0) is 54.4 Å². The van der Waals surface area contributed by atoms with Crippen LogP contribution in [0.2, 0.25) is 15.1 Å². The quantitative estimate of drug-likeness (QED) is 0.182. The summed E-state index contributed by atoms with van der Waals surface area (Å²) in [6.45, 7) is 2.26. The highest BCUT2D eigenvalue weighted by Gasteiger charge is 2.11. The van der Waals surface area contributed by atoms with Gasteiger partial charge in [0.25, 0.3) is 0 Å². The number of halogens is 3. The zero-order valence-corrected chi connectivity index (χ0v) is 20.7. The smallest absolute Gasteiger partial charge is 0.212 e. The highest BCUT2D eigenvalue weighted by molar-refractivity contribution is 7.98. The molecule has 0 aliphatic heterocycles. The molecule has 0 bridgehead atoms. The van der Waals surface area contributed by atoms with E-state index in [9.17, 15) is 0 Å². The lowest BCUT2D eigenvalue weighted by molar-refractivity contribution is 0.306. The average Bonchev–Trinajstić information content (AvgIpc) is 3.15. The fourth-order valence-corrected chi connectivity index (χ4v) is 4.67. The van der Waals surface area contributed by atoms with Gasteiger partial charge in [-0.15, -0.1) is 10.2 Å². The summed E-state index contributed by atoms with van der Waals surface area (Å²) in [4.78, 5) is 0. The molecule has 5 nitrogen and oxygen atoms in total. The number of aromatic nitrogens is 3. The molecule has 0 amide bonds. The predicted octanol–water partition coefficient (Wildman–Crippen LogP) is 7.30. The molecule has 0 aliphatic carbocycles. The monoisotopic (exact) mass is 516 g/mol. The maximum absolute atomic E-state index is 6.29. The Bertz CT molecular complexity index is 1290. The maximum atomic E-state index is 6.29. The third-order valence-corrected chi connectivity index (χ3v) is 6.44. The van der Waals surface area contributed by atoms with Crippen LogP contribution in [0.3, 0.4) is 0 Å². The van der Waals surface area contributed by atoms with Gasteiger partial charge in [0, 0.05) is 26.4 Å². The van der Waals surface area contributed by atoms with Crippen LogP contribution in [0.5, 0.6) is 5.75 Å². The summed E-state index contributed by atoms with van der Waals surface area (Å²) < 4.78 is 7.71. The van der Waals surface area contributed by atoms with Crippen LogP contribution in [0.25, 0.3) is 0 Å². The molecule has 0 unspecified atom stereocenters. The van der Waals surface area contributed by atoms with E-state index >= 15 is 0 Å². The molecule has 4 rings (SSSR count). The second-order valence-electron chi connectivity index (χ2n) is 7.07. The van der Waals surface area contributed by atoms with Crippen molar-refractivity contribution in [3.05, 3.63) is 104 Å². The molecule has 4 aromatic rings. The number of hydrogen-bond donors (Lipinski definition) is 0. The third-order valence-electron chi connectivity index (χ3n) is 4.65. The van der Waals surface area contributed by atoms with Crippen LogP contribution in [0.15, 0.2) is 77.0 Å². The lowest BCUT2D eigenvalue weighted by Crippen LogP contribution is -2.00. The molecule has 0 aliphatic rings. The molecule has 0 spiro atoms. The molecule has 9 heteroatoms. The van der Waals surface area contributed by atoms with E-state index in [1.54, 1.807) is 17.0 Å². The summed E-state index contributed by atoms with van der Waals surface area (Å²) in [5, 5.41) is 15.6. The van der Waals surface area contributed by atoms with Crippen molar-refractivity contribution in [1.82, 2.24) is 14.9 Å². The Morgan fingerprint density at radius 3 is 2.61 bits per heavy atom. The van der Waals surface area contributed by atoms with Gasteiger partial charge < -0.3 is 4.74 Å². The fourth-order valence-electron chi connectivity index (χ4n) is 2.97. The Labute approximate surface area is 211 Å². The molecular formula is C24H19Cl3N4OS. The van der Waals surface area contributed by atoms with Gasteiger partial charge >= 0.3 is 0 Å². The number of nitrogens with zero attached hydrogens (tertiary/aromatic N) is 4. The molecule has 0 atom stereocenters. The van der Waals surface area contributed by atoms with Crippen LogP contribution in [0.4, 0.5) is 0 Å². The summed E-state index contributed by atoms with van der Waals surface area (Å²) in [6, 6.07) is 20.8. The lowest BCUT2D eigenvalue weighted by atomic mass is 10.2. The normalized spacial score (nSPS) is 11.3. The maximum Gasteiger partial charge on any atom is 0.212 e. The molecule has 33 heavy (non-hydrogen) atoms. The van der Waals surface area contributed by atoms with Gasteiger partial charge in [0.05, 0.1) is 6.21 Å². The summed E-state index contributed by atoms with van der Waals surface area (Å²) in [6.07, 6.45) is 1.74. The molecule has 0 N–H and O–H groups in total. The zero-order valence-electron chi connectivity index (χ0n) is 17.6. The van der Waals surface area contributed by atoms with Crippen LogP contribution in [0, 0.1) is 6.92 Å². The van der Waals surface area contributed by atoms with E-state index in [4.69, 9.17) is 39.5 Å². The highest BCUT2D eigenvalue weighted by atomic mass is 35.5. The van der Waals surface area contributed by atoms with Crippen molar-refractivity contribution < 1.29 is 4.74 Å². The Morgan fingerprint density at radius 2 is 1.79 bits per heavy atom. The van der Waals surface area contributed by atoms with Crippen LogP contribution in [-0.4, -0.2) is 21.1 Å². The van der Waals surface area contributed by atoms with E-state index < -0.39 is 0 Å². The van der Waals surface area contributed by atoms with E-state index in [0.717, 1.165) is 16.7 Å². The number of aryl methyl sites for hydroxylation is 1. The van der Waals surface area contributed by atoms with Crippen LogP contribution in [0.1, 0.15) is 22.5 Å². The third kappa shape index (κ3) is 6.30. The SMILES string of the molecule is Cc1nnc(SCc2ccc(Cl)cc2Cl)n1/N=C/c1ccccc1OCc1cccc(Cl)c1. The number of ether oxygens (including phenoxy) is 1. The Hall–Kier alpha value is -2.51. The van der Waals surface area contributed by atoms with E-state index in [-0.39, 0.29) is 0 Å². The first-order valence-electron chi connectivity index (χ1n) is 9.99.